The average Bonchev–Trinajstić information content (AvgIpc) is 3.02. The smallest absolute Gasteiger partial charge is 0.408 e. The molecule has 11 heteroatoms. The van der Waals surface area contributed by atoms with Crippen LogP contribution in [0.3, 0.4) is 0 Å². The summed E-state index contributed by atoms with van der Waals surface area (Å²) in [6, 6.07) is 10.2. The second-order valence-corrected chi connectivity index (χ2v) is 10.8. The van der Waals surface area contributed by atoms with Crippen molar-refractivity contribution >= 4 is 18.1 Å². The zero-order valence-electron chi connectivity index (χ0n) is 23.0. The van der Waals surface area contributed by atoms with E-state index in [2.05, 4.69) is 10.6 Å². The minimum atomic E-state index is -1.31. The molecule has 1 saturated heterocycles. The fourth-order valence-electron chi connectivity index (χ4n) is 4.41. The van der Waals surface area contributed by atoms with Crippen LogP contribution in [0.4, 0.5) is 18.4 Å². The summed E-state index contributed by atoms with van der Waals surface area (Å²) >= 11 is 0. The predicted octanol–water partition coefficient (Wildman–Crippen LogP) is 4.07. The maximum absolute atomic E-state index is 13.8. The van der Waals surface area contributed by atoms with Gasteiger partial charge in [0.05, 0.1) is 12.1 Å². The van der Waals surface area contributed by atoms with E-state index >= 15 is 0 Å². The fourth-order valence-corrected chi connectivity index (χ4v) is 4.41. The van der Waals surface area contributed by atoms with Crippen LogP contribution in [0.1, 0.15) is 51.2 Å². The van der Waals surface area contributed by atoms with Gasteiger partial charge in [-0.3, -0.25) is 4.79 Å². The van der Waals surface area contributed by atoms with E-state index in [9.17, 15) is 28.3 Å². The van der Waals surface area contributed by atoms with E-state index in [1.807, 2.05) is 30.3 Å². The first-order chi connectivity index (χ1) is 18.9. The first-order valence-electron chi connectivity index (χ1n) is 13.3. The van der Waals surface area contributed by atoms with Crippen LogP contribution in [0, 0.1) is 11.6 Å². The second-order valence-electron chi connectivity index (χ2n) is 10.8. The largest absolute Gasteiger partial charge is 0.445 e. The Kier molecular flexibility index (Phi) is 10.8. The summed E-state index contributed by atoms with van der Waals surface area (Å²) in [5, 5.41) is 16.3. The van der Waals surface area contributed by atoms with E-state index in [1.165, 1.54) is 4.90 Å². The van der Waals surface area contributed by atoms with E-state index < -0.39 is 53.5 Å². The molecule has 2 aromatic carbocycles. The van der Waals surface area contributed by atoms with Crippen molar-refractivity contribution < 1.29 is 37.7 Å². The van der Waals surface area contributed by atoms with Crippen LogP contribution >= 0.6 is 0 Å². The maximum atomic E-state index is 13.8. The maximum Gasteiger partial charge on any atom is 0.408 e. The zero-order chi connectivity index (χ0) is 29.3. The number of aliphatic hydroxyl groups is 1. The van der Waals surface area contributed by atoms with Crippen LogP contribution in [0.5, 0.6) is 0 Å². The molecule has 40 heavy (non-hydrogen) atoms. The third-order valence-corrected chi connectivity index (χ3v) is 6.24. The van der Waals surface area contributed by atoms with Crippen molar-refractivity contribution in [2.24, 2.45) is 0 Å². The molecule has 0 bridgehead atoms. The molecular weight excluding hydrogens is 524 g/mol. The fraction of sp³-hybridized carbons (Fsp3) is 0.483. The molecule has 1 heterocycles. The molecule has 3 rings (SSSR count). The average molecular weight is 562 g/mol. The van der Waals surface area contributed by atoms with Gasteiger partial charge in [-0.2, -0.15) is 0 Å². The van der Waals surface area contributed by atoms with Gasteiger partial charge < -0.3 is 30.1 Å². The molecule has 0 unspecified atom stereocenters. The predicted molar refractivity (Wildman–Crippen MR) is 143 cm³/mol. The number of likely N-dealkylation sites (tertiary alicyclic amines) is 1. The normalized spacial score (nSPS) is 17.4. The van der Waals surface area contributed by atoms with Crippen LogP contribution in [-0.2, 0) is 27.3 Å². The molecule has 0 saturated carbocycles. The third kappa shape index (κ3) is 10.1. The van der Waals surface area contributed by atoms with E-state index in [-0.39, 0.29) is 25.1 Å². The number of hydrogen-bond acceptors (Lipinski definition) is 6. The summed E-state index contributed by atoms with van der Waals surface area (Å²) in [7, 11) is 0. The molecule has 0 aliphatic carbocycles. The number of nitrogens with one attached hydrogen (secondary N) is 2. The van der Waals surface area contributed by atoms with Gasteiger partial charge in [-0.05, 0) is 69.7 Å². The van der Waals surface area contributed by atoms with Crippen molar-refractivity contribution in [1.29, 1.82) is 0 Å². The monoisotopic (exact) mass is 561 g/mol. The van der Waals surface area contributed by atoms with Gasteiger partial charge >= 0.3 is 12.2 Å². The van der Waals surface area contributed by atoms with Crippen molar-refractivity contribution in [3.8, 4) is 0 Å². The molecule has 0 aromatic heterocycles. The number of rotatable bonds is 9. The van der Waals surface area contributed by atoms with Gasteiger partial charge in [0.15, 0.2) is 0 Å². The third-order valence-electron chi connectivity index (χ3n) is 6.24. The Morgan fingerprint density at radius 2 is 1.73 bits per heavy atom. The quantitative estimate of drug-likeness (QED) is 0.425. The molecule has 3 atom stereocenters. The van der Waals surface area contributed by atoms with Crippen molar-refractivity contribution in [2.75, 3.05) is 13.1 Å². The molecule has 1 aliphatic heterocycles. The number of amides is 3. The highest BCUT2D eigenvalue weighted by Crippen LogP contribution is 2.17. The first kappa shape index (κ1) is 30.8. The Labute approximate surface area is 232 Å². The van der Waals surface area contributed by atoms with Gasteiger partial charge in [-0.1, -0.05) is 30.3 Å². The van der Waals surface area contributed by atoms with Gasteiger partial charge in [-0.15, -0.1) is 0 Å². The molecule has 1 aliphatic rings. The minimum Gasteiger partial charge on any atom is -0.445 e. The number of alkyl carbamates (subject to hydrolysis) is 2. The molecule has 3 amide bonds. The lowest BCUT2D eigenvalue weighted by Gasteiger charge is -2.31. The van der Waals surface area contributed by atoms with Crippen molar-refractivity contribution in [3.63, 3.8) is 0 Å². The van der Waals surface area contributed by atoms with Gasteiger partial charge in [0.25, 0.3) is 0 Å². The lowest BCUT2D eigenvalue weighted by Crippen LogP contribution is -2.54. The van der Waals surface area contributed by atoms with Crippen LogP contribution in [-0.4, -0.2) is 65.0 Å². The standard InChI is InChI=1S/C29H37F2N3O6/c1-29(2,3)40-28(38)33-24(15-20-13-21(30)16-22(31)14-20)25(35)17-34-12-8-7-11-23(26(34)36)32-27(37)39-18-19-9-5-4-6-10-19/h4-6,9-10,13-14,16,23-25,35H,7-8,11-12,15,17-18H2,1-3H3,(H,32,37)(H,33,38)/t23-,24-,25+/m0/s1. The number of ether oxygens (including phenoxy) is 2. The minimum absolute atomic E-state index is 0.0503. The Morgan fingerprint density at radius 3 is 2.38 bits per heavy atom. The van der Waals surface area contributed by atoms with Gasteiger partial charge in [-0.25, -0.2) is 18.4 Å². The van der Waals surface area contributed by atoms with E-state index in [0.717, 1.165) is 23.8 Å². The highest BCUT2D eigenvalue weighted by molar-refractivity contribution is 5.86. The molecule has 9 nitrogen and oxygen atoms in total. The number of carbonyl (C=O) groups is 3. The SMILES string of the molecule is CC(C)(C)OC(=O)N[C@@H](Cc1cc(F)cc(F)c1)[C@H](O)CN1CCCC[C@H](NC(=O)OCc2ccccc2)C1=O. The zero-order valence-corrected chi connectivity index (χ0v) is 23.0. The highest BCUT2D eigenvalue weighted by atomic mass is 19.1. The number of halogens is 2. The lowest BCUT2D eigenvalue weighted by atomic mass is 10.00. The Hall–Kier alpha value is -3.73. The Bertz CT molecular complexity index is 1140. The molecule has 3 N–H and O–H groups in total. The number of carbonyl (C=O) groups excluding carboxylic acids is 3. The Morgan fingerprint density at radius 1 is 1.05 bits per heavy atom. The topological polar surface area (TPSA) is 117 Å². The van der Waals surface area contributed by atoms with Crippen molar-refractivity contribution in [2.45, 2.75) is 76.9 Å². The van der Waals surface area contributed by atoms with Crippen molar-refractivity contribution in [3.05, 3.63) is 71.3 Å². The summed E-state index contributed by atoms with van der Waals surface area (Å²) < 4.78 is 38.2. The van der Waals surface area contributed by atoms with Gasteiger partial charge in [0.1, 0.15) is 29.9 Å². The molecule has 218 valence electrons. The van der Waals surface area contributed by atoms with E-state index in [1.54, 1.807) is 20.8 Å². The van der Waals surface area contributed by atoms with Gasteiger partial charge in [0.2, 0.25) is 5.91 Å². The highest BCUT2D eigenvalue weighted by Gasteiger charge is 2.33. The lowest BCUT2D eigenvalue weighted by molar-refractivity contribution is -0.134. The number of hydrogen-bond donors (Lipinski definition) is 3. The van der Waals surface area contributed by atoms with Crippen molar-refractivity contribution in [1.82, 2.24) is 15.5 Å². The molecule has 2 aromatic rings. The number of β-amino-alcohol motifs (C(OH)–C–C–N with tert-alkyl or cyclic N) is 1. The van der Waals surface area contributed by atoms with Crippen LogP contribution in [0.15, 0.2) is 48.5 Å². The summed E-state index contributed by atoms with van der Waals surface area (Å²) in [6.45, 7) is 5.21. The van der Waals surface area contributed by atoms with E-state index in [0.29, 0.717) is 25.8 Å². The van der Waals surface area contributed by atoms with Crippen LogP contribution < -0.4 is 10.6 Å². The van der Waals surface area contributed by atoms with Crippen LogP contribution in [0.25, 0.3) is 0 Å². The number of benzene rings is 2. The molecule has 0 spiro atoms. The van der Waals surface area contributed by atoms with E-state index in [4.69, 9.17) is 9.47 Å². The van der Waals surface area contributed by atoms with Crippen LogP contribution in [0.2, 0.25) is 0 Å². The number of nitrogens with zero attached hydrogens (tertiary/aromatic N) is 1. The molecular formula is C29H37F2N3O6. The summed E-state index contributed by atoms with van der Waals surface area (Å²) in [5.41, 5.74) is 0.191. The second kappa shape index (κ2) is 14.1. The first-order valence-corrected chi connectivity index (χ1v) is 13.3. The summed E-state index contributed by atoms with van der Waals surface area (Å²) in [6.07, 6.45) is -1.30. The number of aliphatic hydroxyl groups excluding tert-OH is 1. The van der Waals surface area contributed by atoms with Gasteiger partial charge in [0, 0.05) is 19.2 Å². The summed E-state index contributed by atoms with van der Waals surface area (Å²) in [5.74, 6) is -1.99. The summed E-state index contributed by atoms with van der Waals surface area (Å²) in [4.78, 5) is 39.6. The molecule has 1 fully saturated rings. The Balaban J connectivity index is 1.67. The molecule has 0 radical (unpaired) electrons.